The lowest BCUT2D eigenvalue weighted by atomic mass is 10.1. The van der Waals surface area contributed by atoms with Crippen LogP contribution in [0.15, 0.2) is 18.2 Å². The first-order valence-corrected chi connectivity index (χ1v) is 4.04. The van der Waals surface area contributed by atoms with Gasteiger partial charge < -0.3 is 0 Å². The number of hydrogen-bond acceptors (Lipinski definition) is 0. The van der Waals surface area contributed by atoms with Gasteiger partial charge in [0.15, 0.2) is 0 Å². The zero-order valence-electron chi connectivity index (χ0n) is 6.61. The molecule has 0 heterocycles. The predicted octanol–water partition coefficient (Wildman–Crippen LogP) is 3.69. The van der Waals surface area contributed by atoms with Crippen molar-refractivity contribution in [3.63, 3.8) is 0 Å². The van der Waals surface area contributed by atoms with Crippen LogP contribution in [0.5, 0.6) is 0 Å². The summed E-state index contributed by atoms with van der Waals surface area (Å²) in [5.41, 5.74) is 0.307. The third-order valence-corrected chi connectivity index (χ3v) is 1.82. The van der Waals surface area contributed by atoms with Crippen molar-refractivity contribution >= 4 is 11.6 Å². The molecule has 0 atom stereocenters. The van der Waals surface area contributed by atoms with Crippen LogP contribution in [0, 0.1) is 12.2 Å². The Kier molecular flexibility index (Phi) is 3.60. The Balaban J connectivity index is 2.70. The maximum absolute atomic E-state index is 12.6. The number of alkyl halides is 2. The molecular weight excluding hydrogens is 201 g/mol. The van der Waals surface area contributed by atoms with Crippen LogP contribution in [0.4, 0.5) is 13.2 Å². The van der Waals surface area contributed by atoms with E-state index in [9.17, 15) is 13.2 Å². The highest BCUT2D eigenvalue weighted by molar-refractivity contribution is 6.31. The highest BCUT2D eigenvalue weighted by Gasteiger charge is 2.07. The van der Waals surface area contributed by atoms with Crippen molar-refractivity contribution in [1.29, 1.82) is 0 Å². The van der Waals surface area contributed by atoms with Crippen molar-refractivity contribution in [3.8, 4) is 0 Å². The topological polar surface area (TPSA) is 0 Å². The lowest BCUT2D eigenvalue weighted by Crippen LogP contribution is -1.93. The van der Waals surface area contributed by atoms with Crippen LogP contribution in [0.1, 0.15) is 12.0 Å². The van der Waals surface area contributed by atoms with Gasteiger partial charge in [-0.2, -0.15) is 0 Å². The van der Waals surface area contributed by atoms with Gasteiger partial charge in [-0.3, -0.25) is 0 Å². The molecule has 0 saturated heterocycles. The minimum absolute atomic E-state index is 0.280. The third-order valence-electron chi connectivity index (χ3n) is 1.47. The van der Waals surface area contributed by atoms with E-state index < -0.39 is 18.7 Å². The zero-order chi connectivity index (χ0) is 9.84. The average Bonchev–Trinajstić information content (AvgIpc) is 2.06. The summed E-state index contributed by atoms with van der Waals surface area (Å²) in [7, 11) is 0. The van der Waals surface area contributed by atoms with Crippen LogP contribution in [-0.2, 0) is 0 Å². The second-order valence-corrected chi connectivity index (χ2v) is 2.90. The number of halogens is 4. The van der Waals surface area contributed by atoms with Crippen LogP contribution < -0.4 is 0 Å². The molecule has 0 N–H and O–H groups in total. The lowest BCUT2D eigenvalue weighted by molar-refractivity contribution is 0.148. The van der Waals surface area contributed by atoms with Crippen LogP contribution in [0.3, 0.4) is 0 Å². The first kappa shape index (κ1) is 10.4. The summed E-state index contributed by atoms with van der Waals surface area (Å²) >= 11 is 5.64. The molecular formula is C9H7ClF3. The van der Waals surface area contributed by atoms with Crippen LogP contribution in [0.2, 0.25) is 5.02 Å². The van der Waals surface area contributed by atoms with Gasteiger partial charge in [-0.15, -0.1) is 0 Å². The van der Waals surface area contributed by atoms with E-state index >= 15 is 0 Å². The van der Waals surface area contributed by atoms with Crippen molar-refractivity contribution in [3.05, 3.63) is 41.0 Å². The SMILES string of the molecule is Fc1ccc(Cl)c([CH]CC(F)F)c1. The molecule has 0 aliphatic rings. The molecule has 71 valence electrons. The van der Waals surface area contributed by atoms with Gasteiger partial charge in [-0.1, -0.05) is 11.6 Å². The summed E-state index contributed by atoms with van der Waals surface area (Å²) in [4.78, 5) is 0. The van der Waals surface area contributed by atoms with Gasteiger partial charge in [-0.25, -0.2) is 13.2 Å². The van der Waals surface area contributed by atoms with Crippen LogP contribution >= 0.6 is 11.6 Å². The molecule has 0 nitrogen and oxygen atoms in total. The second kappa shape index (κ2) is 4.51. The van der Waals surface area contributed by atoms with Crippen molar-refractivity contribution in [2.45, 2.75) is 12.8 Å². The smallest absolute Gasteiger partial charge is 0.211 e. The van der Waals surface area contributed by atoms with Crippen molar-refractivity contribution in [2.24, 2.45) is 0 Å². The Bertz CT molecular complexity index is 286. The van der Waals surface area contributed by atoms with Crippen molar-refractivity contribution < 1.29 is 13.2 Å². The Morgan fingerprint density at radius 3 is 2.69 bits per heavy atom. The maximum Gasteiger partial charge on any atom is 0.239 e. The molecule has 0 aromatic heterocycles. The highest BCUT2D eigenvalue weighted by Crippen LogP contribution is 2.21. The van der Waals surface area contributed by atoms with Crippen LogP contribution in [0.25, 0.3) is 0 Å². The lowest BCUT2D eigenvalue weighted by Gasteiger charge is -2.02. The van der Waals surface area contributed by atoms with Crippen LogP contribution in [-0.4, -0.2) is 6.43 Å². The summed E-state index contributed by atoms with van der Waals surface area (Å²) in [6.07, 6.45) is -1.63. The Hall–Kier alpha value is -0.700. The first-order chi connectivity index (χ1) is 6.09. The third kappa shape index (κ3) is 3.27. The summed E-state index contributed by atoms with van der Waals surface area (Å²) < 4.78 is 36.2. The van der Waals surface area contributed by atoms with Gasteiger partial charge in [0.25, 0.3) is 0 Å². The summed E-state index contributed by atoms with van der Waals surface area (Å²) in [5.74, 6) is -0.482. The molecule has 0 amide bonds. The van der Waals surface area contributed by atoms with Crippen molar-refractivity contribution in [1.82, 2.24) is 0 Å². The maximum atomic E-state index is 12.6. The molecule has 1 aromatic rings. The fourth-order valence-electron chi connectivity index (χ4n) is 0.887. The molecule has 1 rings (SSSR count). The van der Waals surface area contributed by atoms with E-state index in [-0.39, 0.29) is 5.02 Å². The first-order valence-electron chi connectivity index (χ1n) is 3.66. The van der Waals surface area contributed by atoms with E-state index in [2.05, 4.69) is 0 Å². The highest BCUT2D eigenvalue weighted by atomic mass is 35.5. The van der Waals surface area contributed by atoms with E-state index in [1.54, 1.807) is 0 Å². The molecule has 0 saturated carbocycles. The molecule has 1 aromatic carbocycles. The molecule has 0 spiro atoms. The largest absolute Gasteiger partial charge is 0.239 e. The Morgan fingerprint density at radius 1 is 1.38 bits per heavy atom. The van der Waals surface area contributed by atoms with Gasteiger partial charge >= 0.3 is 0 Å². The van der Waals surface area contributed by atoms with Gasteiger partial charge in [0, 0.05) is 11.4 Å². The molecule has 0 unspecified atom stereocenters. The quantitative estimate of drug-likeness (QED) is 0.709. The van der Waals surface area contributed by atoms with E-state index in [0.29, 0.717) is 5.56 Å². The number of rotatable bonds is 3. The van der Waals surface area contributed by atoms with Crippen molar-refractivity contribution in [2.75, 3.05) is 0 Å². The predicted molar refractivity (Wildman–Crippen MR) is 45.4 cm³/mol. The summed E-state index contributed by atoms with van der Waals surface area (Å²) in [6, 6.07) is 3.65. The fraction of sp³-hybridized carbons (Fsp3) is 0.222. The zero-order valence-corrected chi connectivity index (χ0v) is 7.36. The molecule has 0 aliphatic heterocycles. The van der Waals surface area contributed by atoms with Gasteiger partial charge in [0.2, 0.25) is 6.43 Å². The molecule has 1 radical (unpaired) electrons. The number of benzene rings is 1. The monoisotopic (exact) mass is 207 g/mol. The fourth-order valence-corrected chi connectivity index (χ4v) is 1.08. The molecule has 0 aliphatic carbocycles. The second-order valence-electron chi connectivity index (χ2n) is 2.50. The van der Waals surface area contributed by atoms with E-state index in [4.69, 9.17) is 11.6 Å². The van der Waals surface area contributed by atoms with Gasteiger partial charge in [0.05, 0.1) is 0 Å². The molecule has 4 heteroatoms. The van der Waals surface area contributed by atoms with E-state index in [0.717, 1.165) is 6.07 Å². The normalized spacial score (nSPS) is 10.8. The van der Waals surface area contributed by atoms with E-state index in [1.165, 1.54) is 18.6 Å². The average molecular weight is 208 g/mol. The standard InChI is InChI=1S/C9H7ClF3/c10-8-3-2-7(11)5-6(8)1-4-9(12)13/h1-3,5,9H,4H2. The van der Waals surface area contributed by atoms with Gasteiger partial charge in [0.1, 0.15) is 5.82 Å². The molecule has 0 bridgehead atoms. The van der Waals surface area contributed by atoms with E-state index in [1.807, 2.05) is 0 Å². The summed E-state index contributed by atoms with van der Waals surface area (Å²) in [5, 5.41) is 0.280. The minimum Gasteiger partial charge on any atom is -0.211 e. The summed E-state index contributed by atoms with van der Waals surface area (Å²) in [6.45, 7) is 0. The Labute approximate surface area is 79.3 Å². The minimum atomic E-state index is -2.43. The molecule has 13 heavy (non-hydrogen) atoms. The Morgan fingerprint density at radius 2 is 2.08 bits per heavy atom. The van der Waals surface area contributed by atoms with Gasteiger partial charge in [-0.05, 0) is 30.2 Å². The number of hydrogen-bond donors (Lipinski definition) is 0. The molecule has 0 fully saturated rings.